The number of benzene rings is 1. The minimum absolute atomic E-state index is 0.454. The lowest BCUT2D eigenvalue weighted by atomic mass is 9.91. The SMILES string of the molecule is CCCCN(CCCC)C(CN)C(C)c1ccccc1. The molecule has 0 fully saturated rings. The molecule has 0 spiro atoms. The van der Waals surface area contributed by atoms with Crippen molar-refractivity contribution in [3.8, 4) is 0 Å². The van der Waals surface area contributed by atoms with Crippen molar-refractivity contribution in [3.05, 3.63) is 35.9 Å². The highest BCUT2D eigenvalue weighted by molar-refractivity contribution is 5.20. The smallest absolute Gasteiger partial charge is 0.0284 e. The van der Waals surface area contributed by atoms with Crippen molar-refractivity contribution in [3.63, 3.8) is 0 Å². The van der Waals surface area contributed by atoms with Crippen molar-refractivity contribution >= 4 is 0 Å². The lowest BCUT2D eigenvalue weighted by molar-refractivity contribution is 0.173. The van der Waals surface area contributed by atoms with Crippen LogP contribution in [0.2, 0.25) is 0 Å². The van der Waals surface area contributed by atoms with Gasteiger partial charge in [0.25, 0.3) is 0 Å². The lowest BCUT2D eigenvalue weighted by Gasteiger charge is -2.35. The van der Waals surface area contributed by atoms with E-state index in [1.807, 2.05) is 0 Å². The van der Waals surface area contributed by atoms with E-state index < -0.39 is 0 Å². The Morgan fingerprint density at radius 1 is 1.00 bits per heavy atom. The van der Waals surface area contributed by atoms with E-state index in [2.05, 4.69) is 56.0 Å². The van der Waals surface area contributed by atoms with Crippen LogP contribution in [0, 0.1) is 0 Å². The van der Waals surface area contributed by atoms with Gasteiger partial charge in [-0.25, -0.2) is 0 Å². The minimum Gasteiger partial charge on any atom is -0.329 e. The maximum atomic E-state index is 6.11. The van der Waals surface area contributed by atoms with E-state index >= 15 is 0 Å². The van der Waals surface area contributed by atoms with Crippen LogP contribution in [-0.2, 0) is 0 Å². The molecule has 0 aliphatic heterocycles. The zero-order chi connectivity index (χ0) is 14.8. The second kappa shape index (κ2) is 9.95. The van der Waals surface area contributed by atoms with Crippen molar-refractivity contribution in [1.82, 2.24) is 4.90 Å². The van der Waals surface area contributed by atoms with E-state index in [9.17, 15) is 0 Å². The number of nitrogens with two attached hydrogens (primary N) is 1. The Morgan fingerprint density at radius 2 is 1.55 bits per heavy atom. The summed E-state index contributed by atoms with van der Waals surface area (Å²) in [6.45, 7) is 9.93. The third-order valence-corrected chi connectivity index (χ3v) is 4.21. The Morgan fingerprint density at radius 3 is 2.00 bits per heavy atom. The fourth-order valence-corrected chi connectivity index (χ4v) is 2.81. The summed E-state index contributed by atoms with van der Waals surface area (Å²) in [7, 11) is 0. The number of hydrogen-bond acceptors (Lipinski definition) is 2. The van der Waals surface area contributed by atoms with Gasteiger partial charge in [-0.3, -0.25) is 4.90 Å². The average molecular weight is 276 g/mol. The fourth-order valence-electron chi connectivity index (χ4n) is 2.81. The minimum atomic E-state index is 0.454. The quantitative estimate of drug-likeness (QED) is 0.699. The molecule has 0 aliphatic carbocycles. The normalized spacial score (nSPS) is 14.4. The van der Waals surface area contributed by atoms with Crippen LogP contribution in [0.1, 0.15) is 57.9 Å². The summed E-state index contributed by atoms with van der Waals surface area (Å²) in [5.74, 6) is 0.495. The highest BCUT2D eigenvalue weighted by Gasteiger charge is 2.23. The van der Waals surface area contributed by atoms with E-state index in [0.717, 1.165) is 6.54 Å². The van der Waals surface area contributed by atoms with E-state index in [4.69, 9.17) is 5.73 Å². The zero-order valence-corrected chi connectivity index (χ0v) is 13.5. The lowest BCUT2D eigenvalue weighted by Crippen LogP contribution is -2.45. The van der Waals surface area contributed by atoms with Gasteiger partial charge in [0, 0.05) is 12.6 Å². The molecule has 0 radical (unpaired) electrons. The Hall–Kier alpha value is -0.860. The molecule has 1 aromatic rings. The van der Waals surface area contributed by atoms with Crippen LogP contribution in [-0.4, -0.2) is 30.6 Å². The molecule has 2 heteroatoms. The Labute approximate surface area is 125 Å². The van der Waals surface area contributed by atoms with E-state index in [1.165, 1.54) is 44.3 Å². The molecule has 2 nitrogen and oxygen atoms in total. The molecule has 0 amide bonds. The summed E-state index contributed by atoms with van der Waals surface area (Å²) >= 11 is 0. The summed E-state index contributed by atoms with van der Waals surface area (Å²) in [6.07, 6.45) is 5.03. The monoisotopic (exact) mass is 276 g/mol. The third-order valence-electron chi connectivity index (χ3n) is 4.21. The maximum Gasteiger partial charge on any atom is 0.0284 e. The molecule has 0 aromatic heterocycles. The summed E-state index contributed by atoms with van der Waals surface area (Å²) in [5.41, 5.74) is 7.52. The molecule has 20 heavy (non-hydrogen) atoms. The van der Waals surface area contributed by atoms with Gasteiger partial charge in [0.05, 0.1) is 0 Å². The second-order valence-electron chi connectivity index (χ2n) is 5.75. The van der Waals surface area contributed by atoms with Crippen LogP contribution in [0.3, 0.4) is 0 Å². The van der Waals surface area contributed by atoms with Gasteiger partial charge in [0.1, 0.15) is 0 Å². The standard InChI is InChI=1S/C18H32N2/c1-4-6-13-20(14-7-5-2)18(15-19)16(3)17-11-9-8-10-12-17/h8-12,16,18H,4-7,13-15,19H2,1-3H3. The van der Waals surface area contributed by atoms with Gasteiger partial charge < -0.3 is 5.73 Å². The first-order valence-electron chi connectivity index (χ1n) is 8.23. The molecule has 0 saturated carbocycles. The highest BCUT2D eigenvalue weighted by Crippen LogP contribution is 2.23. The molecule has 2 unspecified atom stereocenters. The van der Waals surface area contributed by atoms with Crippen molar-refractivity contribution in [2.24, 2.45) is 5.73 Å². The summed E-state index contributed by atoms with van der Waals surface area (Å²) in [4.78, 5) is 2.62. The first-order valence-corrected chi connectivity index (χ1v) is 8.23. The largest absolute Gasteiger partial charge is 0.329 e. The average Bonchev–Trinajstić information content (AvgIpc) is 2.50. The first kappa shape index (κ1) is 17.2. The maximum absolute atomic E-state index is 6.11. The van der Waals surface area contributed by atoms with Crippen LogP contribution >= 0.6 is 0 Å². The van der Waals surface area contributed by atoms with Crippen molar-refractivity contribution in [2.75, 3.05) is 19.6 Å². The van der Waals surface area contributed by atoms with Crippen LogP contribution in [0.5, 0.6) is 0 Å². The Balaban J connectivity index is 2.76. The van der Waals surface area contributed by atoms with Crippen molar-refractivity contribution in [2.45, 2.75) is 58.4 Å². The van der Waals surface area contributed by atoms with Gasteiger partial charge in [-0.2, -0.15) is 0 Å². The van der Waals surface area contributed by atoms with Crippen LogP contribution < -0.4 is 5.73 Å². The van der Waals surface area contributed by atoms with Crippen LogP contribution in [0.25, 0.3) is 0 Å². The molecule has 1 rings (SSSR count). The van der Waals surface area contributed by atoms with Crippen LogP contribution in [0.15, 0.2) is 30.3 Å². The molecule has 0 heterocycles. The molecule has 114 valence electrons. The van der Waals surface area contributed by atoms with Crippen molar-refractivity contribution in [1.29, 1.82) is 0 Å². The molecule has 1 aromatic carbocycles. The molecule has 2 atom stereocenters. The van der Waals surface area contributed by atoms with E-state index in [0.29, 0.717) is 12.0 Å². The predicted molar refractivity (Wildman–Crippen MR) is 89.1 cm³/mol. The van der Waals surface area contributed by atoms with Gasteiger partial charge >= 0.3 is 0 Å². The van der Waals surface area contributed by atoms with Gasteiger partial charge in [-0.15, -0.1) is 0 Å². The number of rotatable bonds is 10. The molecular weight excluding hydrogens is 244 g/mol. The molecule has 0 bridgehead atoms. The number of unbranched alkanes of at least 4 members (excludes halogenated alkanes) is 2. The second-order valence-corrected chi connectivity index (χ2v) is 5.75. The third kappa shape index (κ3) is 5.26. The summed E-state index contributed by atoms with van der Waals surface area (Å²) < 4.78 is 0. The van der Waals surface area contributed by atoms with Crippen LogP contribution in [0.4, 0.5) is 0 Å². The zero-order valence-electron chi connectivity index (χ0n) is 13.5. The van der Waals surface area contributed by atoms with Crippen molar-refractivity contribution < 1.29 is 0 Å². The van der Waals surface area contributed by atoms with Gasteiger partial charge in [-0.05, 0) is 37.4 Å². The van der Waals surface area contributed by atoms with E-state index in [-0.39, 0.29) is 0 Å². The predicted octanol–water partition coefficient (Wildman–Crippen LogP) is 4.02. The Bertz CT molecular complexity index is 329. The fraction of sp³-hybridized carbons (Fsp3) is 0.667. The summed E-state index contributed by atoms with van der Waals surface area (Å²) in [6, 6.07) is 11.2. The molecule has 2 N–H and O–H groups in total. The first-order chi connectivity index (χ1) is 9.74. The Kier molecular flexibility index (Phi) is 8.56. The molecular formula is C18H32N2. The topological polar surface area (TPSA) is 29.3 Å². The number of hydrogen-bond donors (Lipinski definition) is 1. The van der Waals surface area contributed by atoms with E-state index in [1.54, 1.807) is 0 Å². The number of nitrogens with zero attached hydrogens (tertiary/aromatic N) is 1. The summed E-state index contributed by atoms with van der Waals surface area (Å²) in [5, 5.41) is 0. The van der Waals surface area contributed by atoms with Gasteiger partial charge in [0.15, 0.2) is 0 Å². The molecule has 0 saturated heterocycles. The van der Waals surface area contributed by atoms with Gasteiger partial charge in [0.2, 0.25) is 0 Å². The molecule has 0 aliphatic rings. The highest BCUT2D eigenvalue weighted by atomic mass is 15.2. The van der Waals surface area contributed by atoms with Gasteiger partial charge in [-0.1, -0.05) is 63.9 Å².